The summed E-state index contributed by atoms with van der Waals surface area (Å²) in [5.74, 6) is 0.0126. The van der Waals surface area contributed by atoms with Crippen LogP contribution in [-0.4, -0.2) is 40.8 Å². The number of nitriles is 1. The summed E-state index contributed by atoms with van der Waals surface area (Å²) in [6, 6.07) is 10.3. The summed E-state index contributed by atoms with van der Waals surface area (Å²) in [6.45, 7) is 7.90. The van der Waals surface area contributed by atoms with Crippen LogP contribution in [-0.2, 0) is 0 Å². The molecule has 27 heavy (non-hydrogen) atoms. The minimum atomic E-state index is -0.155. The first-order valence-corrected chi connectivity index (χ1v) is 9.20. The highest BCUT2D eigenvalue weighted by molar-refractivity contribution is 5.70. The van der Waals surface area contributed by atoms with Gasteiger partial charge in [-0.3, -0.25) is 9.89 Å². The van der Waals surface area contributed by atoms with Crippen molar-refractivity contribution in [3.63, 3.8) is 0 Å². The molecule has 1 fully saturated rings. The van der Waals surface area contributed by atoms with Crippen molar-refractivity contribution in [2.45, 2.75) is 19.8 Å². The first-order chi connectivity index (χ1) is 13.1. The second-order valence-corrected chi connectivity index (χ2v) is 7.08. The highest BCUT2D eigenvalue weighted by Gasteiger charge is 2.20. The van der Waals surface area contributed by atoms with Crippen LogP contribution < -0.4 is 15.8 Å². The molecular weight excluding hydrogens is 340 g/mol. The molecule has 1 aliphatic rings. The standard InChI is InChI=1S/C20H22N6O/c1-13(2)17-18(24-19-15(11-21)12-23-26(19)20(17)27)14-3-5-16(6-4-14)25-9-7-22-8-10-25/h3-6,12-13,22-23H,7-10H2,1-2H3. The predicted octanol–water partition coefficient (Wildman–Crippen LogP) is 2.09. The van der Waals surface area contributed by atoms with Crippen LogP contribution in [0, 0.1) is 11.3 Å². The van der Waals surface area contributed by atoms with Gasteiger partial charge in [0.05, 0.1) is 5.69 Å². The van der Waals surface area contributed by atoms with Crippen molar-refractivity contribution in [1.82, 2.24) is 19.9 Å². The lowest BCUT2D eigenvalue weighted by atomic mass is 9.98. The van der Waals surface area contributed by atoms with E-state index in [0.717, 1.165) is 31.7 Å². The number of nitrogens with zero attached hydrogens (tertiary/aromatic N) is 4. The van der Waals surface area contributed by atoms with E-state index in [1.165, 1.54) is 16.4 Å². The minimum absolute atomic E-state index is 0.0126. The fraction of sp³-hybridized carbons (Fsp3) is 0.350. The summed E-state index contributed by atoms with van der Waals surface area (Å²) in [5, 5.41) is 15.5. The van der Waals surface area contributed by atoms with Crippen LogP contribution in [0.2, 0.25) is 0 Å². The van der Waals surface area contributed by atoms with Gasteiger partial charge >= 0.3 is 0 Å². The normalized spacial score (nSPS) is 14.7. The summed E-state index contributed by atoms with van der Waals surface area (Å²) in [6.07, 6.45) is 1.52. The molecule has 1 aliphatic heterocycles. The van der Waals surface area contributed by atoms with Gasteiger partial charge in [-0.2, -0.15) is 5.26 Å². The Morgan fingerprint density at radius 3 is 2.52 bits per heavy atom. The van der Waals surface area contributed by atoms with Crippen LogP contribution in [0.4, 0.5) is 5.69 Å². The Labute approximate surface area is 157 Å². The van der Waals surface area contributed by atoms with Crippen molar-refractivity contribution in [3.8, 4) is 17.3 Å². The third-order valence-corrected chi connectivity index (χ3v) is 5.02. The van der Waals surface area contributed by atoms with Crippen molar-refractivity contribution < 1.29 is 0 Å². The van der Waals surface area contributed by atoms with Crippen LogP contribution in [0.15, 0.2) is 35.3 Å². The van der Waals surface area contributed by atoms with Gasteiger partial charge in [0.2, 0.25) is 0 Å². The number of H-pyrrole nitrogens is 1. The van der Waals surface area contributed by atoms with E-state index in [4.69, 9.17) is 0 Å². The second kappa shape index (κ2) is 6.89. The zero-order chi connectivity index (χ0) is 19.0. The molecule has 7 heteroatoms. The van der Waals surface area contributed by atoms with E-state index in [-0.39, 0.29) is 11.5 Å². The van der Waals surface area contributed by atoms with Crippen molar-refractivity contribution in [2.75, 3.05) is 31.1 Å². The zero-order valence-corrected chi connectivity index (χ0v) is 15.5. The molecule has 4 rings (SSSR count). The van der Waals surface area contributed by atoms with Gasteiger partial charge in [0.25, 0.3) is 5.56 Å². The second-order valence-electron chi connectivity index (χ2n) is 7.08. The minimum Gasteiger partial charge on any atom is -0.369 e. The number of piperazine rings is 1. The molecule has 0 saturated carbocycles. The van der Waals surface area contributed by atoms with Crippen LogP contribution in [0.5, 0.6) is 0 Å². The highest BCUT2D eigenvalue weighted by Crippen LogP contribution is 2.28. The lowest BCUT2D eigenvalue weighted by molar-refractivity contribution is 0.589. The molecule has 7 nitrogen and oxygen atoms in total. The van der Waals surface area contributed by atoms with Gasteiger partial charge in [0, 0.05) is 49.2 Å². The van der Waals surface area contributed by atoms with E-state index in [1.807, 2.05) is 26.0 Å². The Morgan fingerprint density at radius 1 is 1.19 bits per heavy atom. The number of rotatable bonds is 3. The predicted molar refractivity (Wildman–Crippen MR) is 105 cm³/mol. The average Bonchev–Trinajstić information content (AvgIpc) is 3.12. The summed E-state index contributed by atoms with van der Waals surface area (Å²) in [7, 11) is 0. The topological polar surface area (TPSA) is 89.2 Å². The summed E-state index contributed by atoms with van der Waals surface area (Å²) < 4.78 is 1.35. The van der Waals surface area contributed by atoms with Crippen LogP contribution in [0.3, 0.4) is 0 Å². The molecule has 3 heterocycles. The molecule has 138 valence electrons. The molecule has 0 unspecified atom stereocenters. The number of fused-ring (bicyclic) bond motifs is 1. The molecule has 0 amide bonds. The van der Waals surface area contributed by atoms with Crippen molar-refractivity contribution >= 4 is 11.3 Å². The summed E-state index contributed by atoms with van der Waals surface area (Å²) >= 11 is 0. The van der Waals surface area contributed by atoms with Crippen LogP contribution >= 0.6 is 0 Å². The van der Waals surface area contributed by atoms with Crippen LogP contribution in [0.25, 0.3) is 16.9 Å². The molecule has 1 aromatic carbocycles. The maximum absolute atomic E-state index is 13.0. The molecule has 0 aliphatic carbocycles. The Balaban J connectivity index is 1.83. The van der Waals surface area contributed by atoms with E-state index in [2.05, 4.69) is 38.5 Å². The lowest BCUT2D eigenvalue weighted by Gasteiger charge is -2.29. The van der Waals surface area contributed by atoms with E-state index in [0.29, 0.717) is 22.5 Å². The molecule has 2 N–H and O–H groups in total. The first kappa shape index (κ1) is 17.3. The molecule has 0 atom stereocenters. The fourth-order valence-corrected chi connectivity index (χ4v) is 3.60. The zero-order valence-electron chi connectivity index (χ0n) is 15.5. The molecule has 1 saturated heterocycles. The first-order valence-electron chi connectivity index (χ1n) is 9.20. The molecular formula is C20H22N6O. The molecule has 0 radical (unpaired) electrons. The van der Waals surface area contributed by atoms with Gasteiger partial charge in [-0.1, -0.05) is 26.0 Å². The van der Waals surface area contributed by atoms with Crippen molar-refractivity contribution in [1.29, 1.82) is 5.26 Å². The average molecular weight is 362 g/mol. The quantitative estimate of drug-likeness (QED) is 0.745. The number of nitrogens with one attached hydrogen (secondary N) is 2. The Morgan fingerprint density at radius 2 is 1.89 bits per heavy atom. The Kier molecular flexibility index (Phi) is 4.42. The number of benzene rings is 1. The number of aromatic nitrogens is 3. The summed E-state index contributed by atoms with van der Waals surface area (Å²) in [5.41, 5.74) is 3.93. The molecule has 0 spiro atoms. The van der Waals surface area contributed by atoms with Crippen molar-refractivity contribution in [2.24, 2.45) is 0 Å². The van der Waals surface area contributed by atoms with Gasteiger partial charge in [-0.05, 0) is 18.1 Å². The monoisotopic (exact) mass is 362 g/mol. The van der Waals surface area contributed by atoms with Gasteiger partial charge in [-0.15, -0.1) is 0 Å². The van der Waals surface area contributed by atoms with E-state index < -0.39 is 0 Å². The number of aromatic amines is 1. The van der Waals surface area contributed by atoms with Gasteiger partial charge in [0.15, 0.2) is 5.65 Å². The highest BCUT2D eigenvalue weighted by atomic mass is 16.1. The van der Waals surface area contributed by atoms with E-state index in [9.17, 15) is 10.1 Å². The maximum atomic E-state index is 13.0. The number of hydrogen-bond acceptors (Lipinski definition) is 5. The van der Waals surface area contributed by atoms with Crippen molar-refractivity contribution in [3.05, 3.63) is 51.9 Å². The third-order valence-electron chi connectivity index (χ3n) is 5.02. The van der Waals surface area contributed by atoms with Gasteiger partial charge < -0.3 is 10.2 Å². The van der Waals surface area contributed by atoms with E-state index in [1.54, 1.807) is 0 Å². The third kappa shape index (κ3) is 2.98. The van der Waals surface area contributed by atoms with Gasteiger partial charge in [0.1, 0.15) is 11.6 Å². The molecule has 0 bridgehead atoms. The Hall–Kier alpha value is -3.11. The summed E-state index contributed by atoms with van der Waals surface area (Å²) in [4.78, 5) is 20.0. The smallest absolute Gasteiger partial charge is 0.276 e. The van der Waals surface area contributed by atoms with E-state index >= 15 is 0 Å². The number of hydrogen-bond donors (Lipinski definition) is 2. The molecule has 3 aromatic rings. The van der Waals surface area contributed by atoms with Crippen LogP contribution in [0.1, 0.15) is 30.9 Å². The molecule has 2 aromatic heterocycles. The van der Waals surface area contributed by atoms with Gasteiger partial charge in [-0.25, -0.2) is 9.50 Å². The lowest BCUT2D eigenvalue weighted by Crippen LogP contribution is -2.43. The maximum Gasteiger partial charge on any atom is 0.276 e. The Bertz CT molecular complexity index is 1060. The SMILES string of the molecule is CC(C)c1c(-c2ccc(N3CCNCC3)cc2)nc2c(C#N)c[nH]n2c1=O. The largest absolute Gasteiger partial charge is 0.369 e. The fourth-order valence-electron chi connectivity index (χ4n) is 3.60. The number of anilines is 1.